The molecule has 0 aliphatic heterocycles. The van der Waals surface area contributed by atoms with Crippen molar-refractivity contribution in [2.75, 3.05) is 0 Å². The van der Waals surface area contributed by atoms with Crippen LogP contribution in [0.25, 0.3) is 5.65 Å². The number of aromatic nitrogens is 4. The molecule has 3 aromatic heterocycles. The number of halogens is 1. The van der Waals surface area contributed by atoms with Crippen molar-refractivity contribution in [2.24, 2.45) is 0 Å². The molecular weight excluding hydrogens is 321 g/mol. The van der Waals surface area contributed by atoms with Crippen LogP contribution in [0.1, 0.15) is 17.0 Å². The zero-order valence-electron chi connectivity index (χ0n) is 13.4. The van der Waals surface area contributed by atoms with E-state index in [1.165, 1.54) is 12.1 Å². The fourth-order valence-electron chi connectivity index (χ4n) is 2.77. The third kappa shape index (κ3) is 3.56. The monoisotopic (exact) mass is 337 g/mol. The van der Waals surface area contributed by atoms with E-state index < -0.39 is 0 Å². The normalized spacial score (nSPS) is 11.4. The van der Waals surface area contributed by atoms with Gasteiger partial charge in [-0.05, 0) is 29.8 Å². The molecule has 0 saturated carbocycles. The molecule has 126 valence electrons. The average Bonchev–Trinajstić information content (AvgIpc) is 3.29. The molecule has 0 aliphatic carbocycles. The van der Waals surface area contributed by atoms with E-state index in [9.17, 15) is 4.39 Å². The lowest BCUT2D eigenvalue weighted by atomic mass is 10.2. The van der Waals surface area contributed by atoms with Crippen LogP contribution >= 0.6 is 0 Å². The van der Waals surface area contributed by atoms with Crippen LogP contribution < -0.4 is 0 Å². The molecule has 0 amide bonds. The number of nitrogens with zero attached hydrogens (tertiary/aromatic N) is 5. The van der Waals surface area contributed by atoms with Gasteiger partial charge in [-0.25, -0.2) is 4.39 Å². The number of rotatable bonds is 6. The largest absolute Gasteiger partial charge is 0.468 e. The minimum Gasteiger partial charge on any atom is -0.468 e. The van der Waals surface area contributed by atoms with Crippen LogP contribution in [0.5, 0.6) is 0 Å². The molecule has 0 spiro atoms. The zero-order valence-corrected chi connectivity index (χ0v) is 13.4. The SMILES string of the molecule is Fc1ccc(CN(Cc2ccco2)Cc2nccn3cnnc23)cc1. The van der Waals surface area contributed by atoms with E-state index in [4.69, 9.17) is 4.42 Å². The second-order valence-corrected chi connectivity index (χ2v) is 5.79. The van der Waals surface area contributed by atoms with Gasteiger partial charge in [-0.15, -0.1) is 10.2 Å². The predicted molar refractivity (Wildman–Crippen MR) is 88.8 cm³/mol. The highest BCUT2D eigenvalue weighted by Crippen LogP contribution is 2.16. The standard InChI is InChI=1S/C18H16FN5O/c19-15-5-3-14(4-6-15)10-23(11-16-2-1-9-25-16)12-17-18-22-21-13-24(18)8-7-20-17/h1-9,13H,10-12H2. The maximum absolute atomic E-state index is 13.2. The van der Waals surface area contributed by atoms with Gasteiger partial charge in [-0.1, -0.05) is 12.1 Å². The zero-order chi connectivity index (χ0) is 17.1. The molecule has 1 aromatic carbocycles. The Hall–Kier alpha value is -3.06. The minimum absolute atomic E-state index is 0.240. The van der Waals surface area contributed by atoms with Crippen molar-refractivity contribution in [3.8, 4) is 0 Å². The van der Waals surface area contributed by atoms with E-state index in [0.29, 0.717) is 19.6 Å². The van der Waals surface area contributed by atoms with Crippen molar-refractivity contribution in [1.29, 1.82) is 0 Å². The Morgan fingerprint density at radius 2 is 1.96 bits per heavy atom. The number of furan rings is 1. The molecule has 0 unspecified atom stereocenters. The van der Waals surface area contributed by atoms with Gasteiger partial charge >= 0.3 is 0 Å². The molecule has 4 rings (SSSR count). The summed E-state index contributed by atoms with van der Waals surface area (Å²) < 4.78 is 20.5. The lowest BCUT2D eigenvalue weighted by Gasteiger charge is -2.21. The van der Waals surface area contributed by atoms with Crippen LogP contribution in [0.2, 0.25) is 0 Å². The maximum atomic E-state index is 13.2. The van der Waals surface area contributed by atoms with Crippen molar-refractivity contribution in [1.82, 2.24) is 24.5 Å². The summed E-state index contributed by atoms with van der Waals surface area (Å²) >= 11 is 0. The Labute approximate surface area is 143 Å². The molecule has 4 aromatic rings. The molecule has 0 saturated heterocycles. The van der Waals surface area contributed by atoms with Crippen LogP contribution in [0, 0.1) is 5.82 Å². The number of hydrogen-bond acceptors (Lipinski definition) is 5. The molecule has 0 N–H and O–H groups in total. The quantitative estimate of drug-likeness (QED) is 0.541. The van der Waals surface area contributed by atoms with E-state index in [1.54, 1.807) is 30.9 Å². The van der Waals surface area contributed by atoms with Crippen molar-refractivity contribution < 1.29 is 8.81 Å². The summed E-state index contributed by atoms with van der Waals surface area (Å²) in [6.45, 7) is 1.82. The van der Waals surface area contributed by atoms with Gasteiger partial charge in [0.1, 0.15) is 17.9 Å². The van der Waals surface area contributed by atoms with Gasteiger partial charge in [-0.3, -0.25) is 14.3 Å². The lowest BCUT2D eigenvalue weighted by molar-refractivity contribution is 0.224. The first kappa shape index (κ1) is 15.5. The Bertz CT molecular complexity index is 949. The van der Waals surface area contributed by atoms with Gasteiger partial charge < -0.3 is 4.42 Å². The summed E-state index contributed by atoms with van der Waals surface area (Å²) in [6, 6.07) is 10.3. The Kier molecular flexibility index (Phi) is 4.22. The van der Waals surface area contributed by atoms with Gasteiger partial charge in [0.2, 0.25) is 0 Å². The second-order valence-electron chi connectivity index (χ2n) is 5.79. The molecule has 25 heavy (non-hydrogen) atoms. The van der Waals surface area contributed by atoms with E-state index >= 15 is 0 Å². The van der Waals surface area contributed by atoms with Crippen molar-refractivity contribution in [2.45, 2.75) is 19.6 Å². The topological polar surface area (TPSA) is 59.5 Å². The molecular formula is C18H16FN5O. The van der Waals surface area contributed by atoms with Gasteiger partial charge in [-0.2, -0.15) is 0 Å². The molecule has 0 atom stereocenters. The Balaban J connectivity index is 1.60. The predicted octanol–water partition coefficient (Wildman–Crippen LogP) is 3.06. The highest BCUT2D eigenvalue weighted by atomic mass is 19.1. The van der Waals surface area contributed by atoms with Crippen LogP contribution in [-0.2, 0) is 19.6 Å². The highest BCUT2D eigenvalue weighted by Gasteiger charge is 2.14. The summed E-state index contributed by atoms with van der Waals surface area (Å²) in [4.78, 5) is 6.62. The number of fused-ring (bicyclic) bond motifs is 1. The summed E-state index contributed by atoms with van der Waals surface area (Å²) in [7, 11) is 0. The molecule has 6 nitrogen and oxygen atoms in total. The van der Waals surface area contributed by atoms with Gasteiger partial charge in [0, 0.05) is 25.5 Å². The molecule has 0 fully saturated rings. The maximum Gasteiger partial charge on any atom is 0.183 e. The van der Waals surface area contributed by atoms with E-state index in [2.05, 4.69) is 20.1 Å². The van der Waals surface area contributed by atoms with Crippen molar-refractivity contribution in [3.63, 3.8) is 0 Å². The summed E-state index contributed by atoms with van der Waals surface area (Å²) in [5.74, 6) is 0.617. The first-order valence-corrected chi connectivity index (χ1v) is 7.90. The lowest BCUT2D eigenvalue weighted by Crippen LogP contribution is -2.23. The van der Waals surface area contributed by atoms with Gasteiger partial charge in [0.05, 0.1) is 18.5 Å². The molecule has 3 heterocycles. The smallest absolute Gasteiger partial charge is 0.183 e. The second kappa shape index (κ2) is 6.82. The first-order chi connectivity index (χ1) is 12.3. The van der Waals surface area contributed by atoms with Gasteiger partial charge in [0.25, 0.3) is 0 Å². The Morgan fingerprint density at radius 3 is 2.76 bits per heavy atom. The van der Waals surface area contributed by atoms with Crippen LogP contribution in [-0.4, -0.2) is 24.5 Å². The first-order valence-electron chi connectivity index (χ1n) is 7.90. The van der Waals surface area contributed by atoms with Crippen LogP contribution in [0.15, 0.2) is 65.8 Å². The Morgan fingerprint density at radius 1 is 1.08 bits per heavy atom. The third-order valence-electron chi connectivity index (χ3n) is 3.94. The van der Waals surface area contributed by atoms with E-state index in [1.807, 2.05) is 22.7 Å². The number of benzene rings is 1. The summed E-state index contributed by atoms with van der Waals surface area (Å²) in [6.07, 6.45) is 6.85. The van der Waals surface area contributed by atoms with E-state index in [0.717, 1.165) is 22.7 Å². The number of hydrogen-bond donors (Lipinski definition) is 0. The molecule has 0 aliphatic rings. The summed E-state index contributed by atoms with van der Waals surface area (Å²) in [5, 5.41) is 8.07. The fraction of sp³-hybridized carbons (Fsp3) is 0.167. The summed E-state index contributed by atoms with van der Waals surface area (Å²) in [5.41, 5.74) is 2.57. The van der Waals surface area contributed by atoms with Crippen molar-refractivity contribution >= 4 is 5.65 Å². The molecule has 0 bridgehead atoms. The molecule has 0 radical (unpaired) electrons. The fourth-order valence-corrected chi connectivity index (χ4v) is 2.77. The third-order valence-corrected chi connectivity index (χ3v) is 3.94. The average molecular weight is 337 g/mol. The van der Waals surface area contributed by atoms with Crippen molar-refractivity contribution in [3.05, 3.63) is 84.2 Å². The van der Waals surface area contributed by atoms with E-state index in [-0.39, 0.29) is 5.82 Å². The highest BCUT2D eigenvalue weighted by molar-refractivity contribution is 5.41. The minimum atomic E-state index is -0.240. The van der Waals surface area contributed by atoms with Crippen LogP contribution in [0.4, 0.5) is 4.39 Å². The van der Waals surface area contributed by atoms with Crippen LogP contribution in [0.3, 0.4) is 0 Å². The molecule has 7 heteroatoms. The van der Waals surface area contributed by atoms with Gasteiger partial charge in [0.15, 0.2) is 5.65 Å².